The maximum atomic E-state index is 5.90. The molecule has 1 aliphatic heterocycles. The molecule has 1 heterocycles. The Morgan fingerprint density at radius 1 is 1.04 bits per heavy atom. The van der Waals surface area contributed by atoms with Crippen LogP contribution in [0.2, 0.25) is 5.02 Å². The highest BCUT2D eigenvalue weighted by Crippen LogP contribution is 2.25. The monoisotopic (exact) mass is 355 g/mol. The van der Waals surface area contributed by atoms with Crippen LogP contribution >= 0.6 is 11.6 Å². The molecule has 132 valence electrons. The largest absolute Gasteiger partial charge is 0.457 e. The summed E-state index contributed by atoms with van der Waals surface area (Å²) < 4.78 is 5.85. The summed E-state index contributed by atoms with van der Waals surface area (Å²) in [5.41, 5.74) is 2.56. The van der Waals surface area contributed by atoms with Gasteiger partial charge in [-0.05, 0) is 86.3 Å². The lowest BCUT2D eigenvalue weighted by molar-refractivity contribution is 0.210. The summed E-state index contributed by atoms with van der Waals surface area (Å²) in [6, 6.07) is 15.7. The third-order valence-electron chi connectivity index (χ3n) is 4.89. The van der Waals surface area contributed by atoms with Gasteiger partial charge in [0.05, 0.1) is 0 Å². The van der Waals surface area contributed by atoms with E-state index in [1.807, 2.05) is 36.4 Å². The third kappa shape index (κ3) is 5.35. The van der Waals surface area contributed by atoms with Gasteiger partial charge in [-0.25, -0.2) is 0 Å². The first-order valence-electron chi connectivity index (χ1n) is 9.03. The van der Waals surface area contributed by atoms with Crippen molar-refractivity contribution in [3.05, 3.63) is 65.2 Å². The van der Waals surface area contributed by atoms with Crippen molar-refractivity contribution in [1.82, 2.24) is 4.90 Å². The topological polar surface area (TPSA) is 12.5 Å². The maximum absolute atomic E-state index is 5.90. The minimum absolute atomic E-state index is 0.714. The fraction of sp³-hybridized carbons (Fsp3) is 0.364. The molecule has 1 fully saturated rings. The molecule has 1 saturated heterocycles. The molecule has 0 spiro atoms. The minimum atomic E-state index is 0.714. The van der Waals surface area contributed by atoms with Crippen molar-refractivity contribution >= 4 is 17.2 Å². The molecular formula is C22H26ClNO. The smallest absolute Gasteiger partial charge is 0.127 e. The molecule has 0 bridgehead atoms. The number of allylic oxidation sites excluding steroid dienone is 1. The Labute approximate surface area is 156 Å². The zero-order valence-corrected chi connectivity index (χ0v) is 15.8. The Morgan fingerprint density at radius 3 is 2.20 bits per heavy atom. The number of hydrogen-bond donors (Lipinski definition) is 0. The second kappa shape index (κ2) is 8.55. The Hall–Kier alpha value is -1.77. The summed E-state index contributed by atoms with van der Waals surface area (Å²) >= 11 is 5.90. The van der Waals surface area contributed by atoms with E-state index in [1.54, 1.807) is 0 Å². The minimum Gasteiger partial charge on any atom is -0.457 e. The van der Waals surface area contributed by atoms with Crippen LogP contribution in [0.15, 0.2) is 54.6 Å². The van der Waals surface area contributed by atoms with E-state index in [-0.39, 0.29) is 0 Å². The molecule has 0 unspecified atom stereocenters. The van der Waals surface area contributed by atoms with Crippen LogP contribution in [0.25, 0.3) is 5.57 Å². The van der Waals surface area contributed by atoms with Crippen molar-refractivity contribution in [1.29, 1.82) is 0 Å². The molecule has 3 heteroatoms. The molecule has 2 aromatic rings. The molecule has 0 saturated carbocycles. The van der Waals surface area contributed by atoms with Crippen LogP contribution in [0.3, 0.4) is 0 Å². The van der Waals surface area contributed by atoms with Crippen molar-refractivity contribution in [2.24, 2.45) is 5.92 Å². The molecule has 25 heavy (non-hydrogen) atoms. The average Bonchev–Trinajstić information content (AvgIpc) is 2.63. The first-order valence-corrected chi connectivity index (χ1v) is 9.41. The van der Waals surface area contributed by atoms with Crippen LogP contribution < -0.4 is 4.74 Å². The zero-order valence-electron chi connectivity index (χ0n) is 15.0. The van der Waals surface area contributed by atoms with Crippen molar-refractivity contribution < 1.29 is 4.74 Å². The van der Waals surface area contributed by atoms with E-state index in [2.05, 4.69) is 37.0 Å². The number of likely N-dealkylation sites (tertiary alicyclic amines) is 1. The van der Waals surface area contributed by atoms with Crippen LogP contribution in [0.4, 0.5) is 0 Å². The second-order valence-electron chi connectivity index (χ2n) is 6.95. The zero-order chi connectivity index (χ0) is 17.6. The molecule has 1 aliphatic rings. The Kier molecular flexibility index (Phi) is 6.17. The average molecular weight is 356 g/mol. The van der Waals surface area contributed by atoms with Gasteiger partial charge in [-0.3, -0.25) is 4.90 Å². The van der Waals surface area contributed by atoms with Crippen LogP contribution in [0, 0.1) is 5.92 Å². The van der Waals surface area contributed by atoms with Gasteiger partial charge in [0.15, 0.2) is 0 Å². The SMILES string of the molecule is CC(=CCN1CCC(C)CC1)c1ccc(Oc2ccc(Cl)cc2)cc1. The summed E-state index contributed by atoms with van der Waals surface area (Å²) in [5, 5.41) is 0.714. The Morgan fingerprint density at radius 2 is 1.60 bits per heavy atom. The third-order valence-corrected chi connectivity index (χ3v) is 5.14. The van der Waals surface area contributed by atoms with Crippen LogP contribution in [0.5, 0.6) is 11.5 Å². The summed E-state index contributed by atoms with van der Waals surface area (Å²) in [7, 11) is 0. The first kappa shape index (κ1) is 18.0. The van der Waals surface area contributed by atoms with Crippen molar-refractivity contribution in [3.8, 4) is 11.5 Å². The molecule has 0 aromatic heterocycles. The van der Waals surface area contributed by atoms with Gasteiger partial charge in [-0.15, -0.1) is 0 Å². The molecule has 2 aromatic carbocycles. The predicted molar refractivity (Wildman–Crippen MR) is 106 cm³/mol. The summed E-state index contributed by atoms with van der Waals surface area (Å²) in [4.78, 5) is 2.54. The fourth-order valence-corrected chi connectivity index (χ4v) is 3.18. The number of halogens is 1. The van der Waals surface area contributed by atoms with E-state index in [1.165, 1.54) is 37.1 Å². The molecule has 0 radical (unpaired) electrons. The highest BCUT2D eigenvalue weighted by molar-refractivity contribution is 6.30. The van der Waals surface area contributed by atoms with Crippen molar-refractivity contribution in [3.63, 3.8) is 0 Å². The quantitative estimate of drug-likeness (QED) is 0.626. The number of hydrogen-bond acceptors (Lipinski definition) is 2. The van der Waals surface area contributed by atoms with Crippen LogP contribution in [0.1, 0.15) is 32.3 Å². The first-order chi connectivity index (χ1) is 12.1. The van der Waals surface area contributed by atoms with Gasteiger partial charge in [-0.1, -0.05) is 36.7 Å². The molecule has 0 atom stereocenters. The van der Waals surface area contributed by atoms with Gasteiger partial charge < -0.3 is 4.74 Å². The summed E-state index contributed by atoms with van der Waals surface area (Å²) in [5.74, 6) is 2.52. The highest BCUT2D eigenvalue weighted by Gasteiger charge is 2.14. The molecular weight excluding hydrogens is 330 g/mol. The van der Waals surface area contributed by atoms with Gasteiger partial charge in [0.2, 0.25) is 0 Å². The number of rotatable bonds is 5. The summed E-state index contributed by atoms with van der Waals surface area (Å²) in [6.07, 6.45) is 4.98. The van der Waals surface area contributed by atoms with E-state index in [4.69, 9.17) is 16.3 Å². The van der Waals surface area contributed by atoms with Gasteiger partial charge >= 0.3 is 0 Å². The lowest BCUT2D eigenvalue weighted by Crippen LogP contribution is -2.32. The lowest BCUT2D eigenvalue weighted by Gasteiger charge is -2.29. The van der Waals surface area contributed by atoms with E-state index >= 15 is 0 Å². The maximum Gasteiger partial charge on any atom is 0.127 e. The summed E-state index contributed by atoms with van der Waals surface area (Å²) in [6.45, 7) is 8.02. The molecule has 0 N–H and O–H groups in total. The van der Waals surface area contributed by atoms with E-state index in [0.717, 1.165) is 24.0 Å². The fourth-order valence-electron chi connectivity index (χ4n) is 3.05. The Balaban J connectivity index is 1.57. The molecule has 3 rings (SSSR count). The normalized spacial score (nSPS) is 16.8. The van der Waals surface area contributed by atoms with Crippen LogP contribution in [-0.2, 0) is 0 Å². The molecule has 2 nitrogen and oxygen atoms in total. The van der Waals surface area contributed by atoms with E-state index in [9.17, 15) is 0 Å². The standard InChI is InChI=1S/C22H26ClNO/c1-17-11-14-24(15-12-17)16-13-18(2)19-3-7-21(8-4-19)25-22-9-5-20(23)6-10-22/h3-10,13,17H,11-12,14-16H2,1-2H3. The highest BCUT2D eigenvalue weighted by atomic mass is 35.5. The van der Waals surface area contributed by atoms with Crippen LogP contribution in [-0.4, -0.2) is 24.5 Å². The predicted octanol–water partition coefficient (Wildman–Crippen LogP) is 6.27. The van der Waals surface area contributed by atoms with Gasteiger partial charge in [0.1, 0.15) is 11.5 Å². The van der Waals surface area contributed by atoms with Gasteiger partial charge in [0, 0.05) is 11.6 Å². The number of benzene rings is 2. The molecule has 0 aliphatic carbocycles. The van der Waals surface area contributed by atoms with E-state index < -0.39 is 0 Å². The van der Waals surface area contributed by atoms with Gasteiger partial charge in [-0.2, -0.15) is 0 Å². The Bertz CT molecular complexity index is 698. The lowest BCUT2D eigenvalue weighted by atomic mass is 9.99. The van der Waals surface area contributed by atoms with E-state index in [0.29, 0.717) is 5.02 Å². The second-order valence-corrected chi connectivity index (χ2v) is 7.39. The number of piperidine rings is 1. The molecule has 0 amide bonds. The number of nitrogens with zero attached hydrogens (tertiary/aromatic N) is 1. The number of ether oxygens (including phenoxy) is 1. The van der Waals surface area contributed by atoms with Crippen molar-refractivity contribution in [2.75, 3.05) is 19.6 Å². The van der Waals surface area contributed by atoms with Crippen molar-refractivity contribution in [2.45, 2.75) is 26.7 Å². The van der Waals surface area contributed by atoms with Gasteiger partial charge in [0.25, 0.3) is 0 Å².